The maximum atomic E-state index is 6.17. The van der Waals surface area contributed by atoms with Gasteiger partial charge in [-0.15, -0.1) is 0 Å². The van der Waals surface area contributed by atoms with Crippen molar-refractivity contribution in [3.63, 3.8) is 0 Å². The topological polar surface area (TPSA) is 43.3 Å². The summed E-state index contributed by atoms with van der Waals surface area (Å²) in [5, 5.41) is 0. The fourth-order valence-electron chi connectivity index (χ4n) is 2.02. The molecular weight excluding hydrogens is 290 g/mol. The molecule has 3 nitrogen and oxygen atoms in total. The molecule has 2 N–H and O–H groups in total. The maximum Gasteiger partial charge on any atom is 0.139 e. The van der Waals surface area contributed by atoms with Gasteiger partial charge < -0.3 is 5.73 Å². The normalized spacial score (nSPS) is 11.0. The van der Waals surface area contributed by atoms with Gasteiger partial charge in [0.2, 0.25) is 0 Å². The Morgan fingerprint density at radius 3 is 2.78 bits per heavy atom. The van der Waals surface area contributed by atoms with Crippen LogP contribution in [-0.4, -0.2) is 9.38 Å². The molecule has 0 saturated heterocycles. The van der Waals surface area contributed by atoms with Crippen LogP contribution in [0.2, 0.25) is 0 Å². The summed E-state index contributed by atoms with van der Waals surface area (Å²) >= 11 is 3.53. The zero-order valence-electron chi connectivity index (χ0n) is 9.89. The molecule has 0 aliphatic heterocycles. The number of nitrogen functional groups attached to an aromatic ring is 1. The average Bonchev–Trinajstić information content (AvgIpc) is 2.67. The number of benzene rings is 1. The molecule has 18 heavy (non-hydrogen) atoms. The van der Waals surface area contributed by atoms with Gasteiger partial charge in [0.25, 0.3) is 0 Å². The number of pyridine rings is 1. The van der Waals surface area contributed by atoms with Crippen molar-refractivity contribution in [3.8, 4) is 11.3 Å². The number of imidazole rings is 1. The quantitative estimate of drug-likeness (QED) is 0.745. The molecule has 0 aliphatic carbocycles. The van der Waals surface area contributed by atoms with E-state index in [1.165, 1.54) is 5.56 Å². The maximum absolute atomic E-state index is 6.17. The van der Waals surface area contributed by atoms with Gasteiger partial charge in [0.15, 0.2) is 0 Å². The summed E-state index contributed by atoms with van der Waals surface area (Å²) in [7, 11) is 0. The molecule has 4 heteroatoms. The van der Waals surface area contributed by atoms with E-state index in [-0.39, 0.29) is 0 Å². The van der Waals surface area contributed by atoms with Crippen molar-refractivity contribution in [3.05, 3.63) is 52.6 Å². The van der Waals surface area contributed by atoms with Crippen LogP contribution in [0.1, 0.15) is 5.56 Å². The molecule has 1 aromatic carbocycles. The van der Waals surface area contributed by atoms with E-state index in [1.54, 1.807) is 0 Å². The Bertz CT molecular complexity index is 731. The van der Waals surface area contributed by atoms with Crippen LogP contribution in [0, 0.1) is 6.92 Å². The van der Waals surface area contributed by atoms with Gasteiger partial charge in [-0.2, -0.15) is 0 Å². The zero-order valence-corrected chi connectivity index (χ0v) is 11.5. The first-order valence-corrected chi connectivity index (χ1v) is 6.45. The van der Waals surface area contributed by atoms with Gasteiger partial charge in [0.1, 0.15) is 17.2 Å². The fourth-order valence-corrected chi connectivity index (χ4v) is 2.49. The van der Waals surface area contributed by atoms with Gasteiger partial charge in [0.05, 0.1) is 0 Å². The lowest BCUT2D eigenvalue weighted by Crippen LogP contribution is -1.94. The Kier molecular flexibility index (Phi) is 2.59. The Labute approximate surface area is 113 Å². The van der Waals surface area contributed by atoms with Gasteiger partial charge in [-0.25, -0.2) is 4.98 Å². The number of aromatic nitrogens is 2. The van der Waals surface area contributed by atoms with E-state index in [2.05, 4.69) is 20.9 Å². The van der Waals surface area contributed by atoms with Gasteiger partial charge in [-0.05, 0) is 30.7 Å². The summed E-state index contributed by atoms with van der Waals surface area (Å²) in [6.07, 6.45) is 1.95. The molecule has 0 saturated carbocycles. The van der Waals surface area contributed by atoms with E-state index < -0.39 is 0 Å². The number of halogens is 1. The minimum Gasteiger partial charge on any atom is -0.383 e. The minimum atomic E-state index is 0.664. The molecule has 0 amide bonds. The number of rotatable bonds is 1. The standard InChI is InChI=1S/C14H12BrN3/c1-9-6-7-18-12(8-9)17-13(14(18)16)10-4-2-3-5-11(10)15/h2-8H,16H2,1H3. The number of nitrogens with two attached hydrogens (primary N) is 1. The van der Waals surface area contributed by atoms with Crippen LogP contribution in [-0.2, 0) is 0 Å². The van der Waals surface area contributed by atoms with Gasteiger partial charge in [-0.3, -0.25) is 4.40 Å². The second-order valence-electron chi connectivity index (χ2n) is 4.26. The van der Waals surface area contributed by atoms with Crippen molar-refractivity contribution < 1.29 is 0 Å². The van der Waals surface area contributed by atoms with Crippen molar-refractivity contribution in [2.24, 2.45) is 0 Å². The number of aryl methyl sites for hydroxylation is 1. The molecule has 0 fully saturated rings. The summed E-state index contributed by atoms with van der Waals surface area (Å²) in [5.41, 5.74) is 10.0. The average molecular weight is 302 g/mol. The van der Waals surface area contributed by atoms with Crippen LogP contribution in [0.25, 0.3) is 16.9 Å². The highest BCUT2D eigenvalue weighted by Gasteiger charge is 2.13. The molecule has 0 radical (unpaired) electrons. The number of nitrogens with zero attached hydrogens (tertiary/aromatic N) is 2. The summed E-state index contributed by atoms with van der Waals surface area (Å²) in [4.78, 5) is 4.61. The lowest BCUT2D eigenvalue weighted by molar-refractivity contribution is 1.18. The number of fused-ring (bicyclic) bond motifs is 1. The molecule has 3 rings (SSSR count). The van der Waals surface area contributed by atoms with Crippen molar-refractivity contribution in [1.29, 1.82) is 0 Å². The lowest BCUT2D eigenvalue weighted by atomic mass is 10.1. The van der Waals surface area contributed by atoms with Gasteiger partial charge >= 0.3 is 0 Å². The molecule has 0 atom stereocenters. The Hall–Kier alpha value is -1.81. The molecule has 0 unspecified atom stereocenters. The molecular formula is C14H12BrN3. The predicted octanol–water partition coefficient (Wildman–Crippen LogP) is 3.65. The van der Waals surface area contributed by atoms with Crippen molar-refractivity contribution in [1.82, 2.24) is 9.38 Å². The van der Waals surface area contributed by atoms with Crippen LogP contribution in [0.5, 0.6) is 0 Å². The molecule has 0 spiro atoms. The van der Waals surface area contributed by atoms with Gasteiger partial charge in [0, 0.05) is 16.2 Å². The Morgan fingerprint density at radius 2 is 2.00 bits per heavy atom. The van der Waals surface area contributed by atoms with E-state index >= 15 is 0 Å². The van der Waals surface area contributed by atoms with E-state index in [1.807, 2.05) is 53.9 Å². The molecule has 3 aromatic rings. The highest BCUT2D eigenvalue weighted by Crippen LogP contribution is 2.32. The zero-order chi connectivity index (χ0) is 12.7. The van der Waals surface area contributed by atoms with E-state index in [0.717, 1.165) is 21.4 Å². The van der Waals surface area contributed by atoms with Crippen LogP contribution in [0.15, 0.2) is 47.1 Å². The number of hydrogen-bond acceptors (Lipinski definition) is 2. The van der Waals surface area contributed by atoms with Crippen molar-refractivity contribution in [2.75, 3.05) is 5.73 Å². The largest absolute Gasteiger partial charge is 0.383 e. The molecule has 0 aliphatic rings. The van der Waals surface area contributed by atoms with Crippen molar-refractivity contribution >= 4 is 27.4 Å². The monoisotopic (exact) mass is 301 g/mol. The molecule has 2 aromatic heterocycles. The third-order valence-corrected chi connectivity index (χ3v) is 3.64. The molecule has 90 valence electrons. The summed E-state index contributed by atoms with van der Waals surface area (Å²) in [6, 6.07) is 12.0. The number of anilines is 1. The second-order valence-corrected chi connectivity index (χ2v) is 5.11. The highest BCUT2D eigenvalue weighted by molar-refractivity contribution is 9.10. The van der Waals surface area contributed by atoms with Gasteiger partial charge in [-0.1, -0.05) is 34.1 Å². The van der Waals surface area contributed by atoms with Crippen LogP contribution in [0.3, 0.4) is 0 Å². The van der Waals surface area contributed by atoms with E-state index in [9.17, 15) is 0 Å². The Morgan fingerprint density at radius 1 is 1.22 bits per heavy atom. The third kappa shape index (κ3) is 1.69. The molecule has 0 bridgehead atoms. The first-order valence-electron chi connectivity index (χ1n) is 5.66. The number of hydrogen-bond donors (Lipinski definition) is 1. The van der Waals surface area contributed by atoms with Crippen LogP contribution < -0.4 is 5.73 Å². The molecule has 2 heterocycles. The fraction of sp³-hybridized carbons (Fsp3) is 0.0714. The van der Waals surface area contributed by atoms with E-state index in [4.69, 9.17) is 5.73 Å². The van der Waals surface area contributed by atoms with Crippen LogP contribution >= 0.6 is 15.9 Å². The predicted molar refractivity (Wildman–Crippen MR) is 77.5 cm³/mol. The minimum absolute atomic E-state index is 0.664. The SMILES string of the molecule is Cc1ccn2c(N)c(-c3ccccc3Br)nc2c1. The highest BCUT2D eigenvalue weighted by atomic mass is 79.9. The first kappa shape index (κ1) is 11.3. The van der Waals surface area contributed by atoms with Crippen LogP contribution in [0.4, 0.5) is 5.82 Å². The smallest absolute Gasteiger partial charge is 0.139 e. The summed E-state index contributed by atoms with van der Waals surface area (Å²) in [6.45, 7) is 2.04. The summed E-state index contributed by atoms with van der Waals surface area (Å²) < 4.78 is 2.90. The van der Waals surface area contributed by atoms with Crippen molar-refractivity contribution in [2.45, 2.75) is 6.92 Å². The third-order valence-electron chi connectivity index (χ3n) is 2.95. The summed E-state index contributed by atoms with van der Waals surface area (Å²) in [5.74, 6) is 0.664. The van der Waals surface area contributed by atoms with E-state index in [0.29, 0.717) is 5.82 Å². The Balaban J connectivity index is 2.31. The first-order chi connectivity index (χ1) is 8.66. The lowest BCUT2D eigenvalue weighted by Gasteiger charge is -2.01. The second kappa shape index (κ2) is 4.14.